The molecule has 0 aliphatic heterocycles. The van der Waals surface area contributed by atoms with Gasteiger partial charge in [0.25, 0.3) is 0 Å². The number of carboxylic acid groups (broad SMARTS) is 1. The van der Waals surface area contributed by atoms with Crippen molar-refractivity contribution in [1.29, 1.82) is 0 Å². The van der Waals surface area contributed by atoms with Crippen LogP contribution in [0.15, 0.2) is 34.6 Å². The van der Waals surface area contributed by atoms with E-state index >= 15 is 0 Å². The van der Waals surface area contributed by atoms with Crippen molar-refractivity contribution >= 4 is 17.7 Å². The van der Waals surface area contributed by atoms with Gasteiger partial charge in [-0.2, -0.15) is 0 Å². The van der Waals surface area contributed by atoms with E-state index in [0.29, 0.717) is 10.2 Å². The first-order valence-electron chi connectivity index (χ1n) is 5.24. The summed E-state index contributed by atoms with van der Waals surface area (Å²) in [5.74, 6) is -1.00. The lowest BCUT2D eigenvalue weighted by molar-refractivity contribution is 0.0692. The largest absolute Gasteiger partial charge is 0.478 e. The minimum Gasteiger partial charge on any atom is -0.478 e. The predicted octanol–water partition coefficient (Wildman–Crippen LogP) is 2.34. The van der Waals surface area contributed by atoms with Gasteiger partial charge in [0.2, 0.25) is 0 Å². The van der Waals surface area contributed by atoms with Gasteiger partial charge in [0.05, 0.1) is 5.56 Å². The predicted molar refractivity (Wildman–Crippen MR) is 66.8 cm³/mol. The standard InChI is InChI=1S/C12H11N3O2S/c1-7-6-8(2)15-12(14-7)18-10-9(11(16)17)4-3-5-13-10/h3-6H,1-2H3,(H,16,17). The Bertz CT molecular complexity index is 581. The molecule has 5 nitrogen and oxygen atoms in total. The zero-order valence-corrected chi connectivity index (χ0v) is 10.7. The molecule has 2 heterocycles. The Morgan fingerprint density at radius 2 is 1.94 bits per heavy atom. The molecule has 1 N–H and O–H groups in total. The van der Waals surface area contributed by atoms with Crippen LogP contribution in [-0.2, 0) is 0 Å². The number of carbonyl (C=O) groups is 1. The first-order chi connectivity index (χ1) is 8.56. The maximum atomic E-state index is 11.1. The number of pyridine rings is 1. The lowest BCUT2D eigenvalue weighted by atomic mass is 10.3. The molecule has 2 aromatic rings. The summed E-state index contributed by atoms with van der Waals surface area (Å²) in [4.78, 5) is 23.6. The highest BCUT2D eigenvalue weighted by Crippen LogP contribution is 2.26. The fraction of sp³-hybridized carbons (Fsp3) is 0.167. The second kappa shape index (κ2) is 5.14. The Kier molecular flexibility index (Phi) is 3.57. The average Bonchev–Trinajstić information content (AvgIpc) is 2.27. The Morgan fingerprint density at radius 3 is 2.56 bits per heavy atom. The lowest BCUT2D eigenvalue weighted by Crippen LogP contribution is -2.01. The Morgan fingerprint density at radius 1 is 1.28 bits per heavy atom. The van der Waals surface area contributed by atoms with Crippen LogP contribution in [0, 0.1) is 13.8 Å². The molecule has 2 aromatic heterocycles. The highest BCUT2D eigenvalue weighted by atomic mass is 32.2. The fourth-order valence-electron chi connectivity index (χ4n) is 1.46. The minimum absolute atomic E-state index is 0.158. The van der Waals surface area contributed by atoms with Crippen LogP contribution in [0.4, 0.5) is 0 Å². The van der Waals surface area contributed by atoms with Crippen molar-refractivity contribution in [3.05, 3.63) is 41.3 Å². The van der Waals surface area contributed by atoms with Crippen molar-refractivity contribution in [2.45, 2.75) is 24.0 Å². The third kappa shape index (κ3) is 2.84. The Hall–Kier alpha value is -1.95. The van der Waals surface area contributed by atoms with Crippen molar-refractivity contribution in [2.75, 3.05) is 0 Å². The molecular weight excluding hydrogens is 250 g/mol. The van der Waals surface area contributed by atoms with Crippen molar-refractivity contribution < 1.29 is 9.90 Å². The first-order valence-corrected chi connectivity index (χ1v) is 6.06. The summed E-state index contributed by atoms with van der Waals surface area (Å²) < 4.78 is 0. The lowest BCUT2D eigenvalue weighted by Gasteiger charge is -2.04. The van der Waals surface area contributed by atoms with E-state index in [9.17, 15) is 4.79 Å². The normalized spacial score (nSPS) is 10.3. The zero-order valence-electron chi connectivity index (χ0n) is 9.91. The third-order valence-corrected chi connectivity index (χ3v) is 3.04. The number of hydrogen-bond acceptors (Lipinski definition) is 5. The number of aryl methyl sites for hydroxylation is 2. The summed E-state index contributed by atoms with van der Waals surface area (Å²) in [6.45, 7) is 3.74. The summed E-state index contributed by atoms with van der Waals surface area (Å²) in [6.07, 6.45) is 1.55. The number of aromatic carboxylic acids is 1. The number of carboxylic acids is 1. The minimum atomic E-state index is -1.00. The molecule has 18 heavy (non-hydrogen) atoms. The topological polar surface area (TPSA) is 76.0 Å². The summed E-state index contributed by atoms with van der Waals surface area (Å²) in [5, 5.41) is 9.96. The highest BCUT2D eigenvalue weighted by molar-refractivity contribution is 7.99. The molecule has 0 radical (unpaired) electrons. The molecule has 0 fully saturated rings. The van der Waals surface area contributed by atoms with E-state index in [1.54, 1.807) is 12.3 Å². The zero-order chi connectivity index (χ0) is 13.1. The summed E-state index contributed by atoms with van der Waals surface area (Å²) in [5.41, 5.74) is 1.85. The van der Waals surface area contributed by atoms with Crippen LogP contribution >= 0.6 is 11.8 Å². The Labute approximate surface area is 108 Å². The van der Waals surface area contributed by atoms with Crippen molar-refractivity contribution in [1.82, 2.24) is 15.0 Å². The van der Waals surface area contributed by atoms with Gasteiger partial charge in [-0.25, -0.2) is 19.7 Å². The number of aromatic nitrogens is 3. The molecule has 0 spiro atoms. The number of hydrogen-bond donors (Lipinski definition) is 1. The molecule has 6 heteroatoms. The molecule has 2 rings (SSSR count). The van der Waals surface area contributed by atoms with Gasteiger partial charge in [0, 0.05) is 17.6 Å². The molecular formula is C12H11N3O2S. The van der Waals surface area contributed by atoms with Gasteiger partial charge < -0.3 is 5.11 Å². The molecule has 0 saturated carbocycles. The van der Waals surface area contributed by atoms with E-state index in [1.807, 2.05) is 19.9 Å². The summed E-state index contributed by atoms with van der Waals surface area (Å²) in [7, 11) is 0. The average molecular weight is 261 g/mol. The maximum Gasteiger partial charge on any atom is 0.338 e. The quantitative estimate of drug-likeness (QED) is 0.855. The van der Waals surface area contributed by atoms with Crippen LogP contribution in [0.2, 0.25) is 0 Å². The SMILES string of the molecule is Cc1cc(C)nc(Sc2ncccc2C(=O)O)n1. The van der Waals surface area contributed by atoms with Gasteiger partial charge >= 0.3 is 5.97 Å². The van der Waals surface area contributed by atoms with Crippen molar-refractivity contribution in [2.24, 2.45) is 0 Å². The smallest absolute Gasteiger partial charge is 0.338 e. The van der Waals surface area contributed by atoms with E-state index in [0.717, 1.165) is 23.1 Å². The molecule has 0 aliphatic rings. The van der Waals surface area contributed by atoms with Crippen LogP contribution in [-0.4, -0.2) is 26.0 Å². The second-order valence-corrected chi connectivity index (χ2v) is 4.65. The van der Waals surface area contributed by atoms with Crippen LogP contribution in [0.25, 0.3) is 0 Å². The first kappa shape index (κ1) is 12.5. The molecule has 0 atom stereocenters. The molecule has 0 saturated heterocycles. The molecule has 0 amide bonds. The summed E-state index contributed by atoms with van der Waals surface area (Å²) in [6, 6.07) is 4.97. The third-order valence-electron chi connectivity index (χ3n) is 2.15. The number of nitrogens with zero attached hydrogens (tertiary/aromatic N) is 3. The van der Waals surface area contributed by atoms with E-state index in [1.165, 1.54) is 6.07 Å². The molecule has 0 aliphatic carbocycles. The van der Waals surface area contributed by atoms with Gasteiger partial charge in [-0.05, 0) is 43.8 Å². The van der Waals surface area contributed by atoms with E-state index in [4.69, 9.17) is 5.11 Å². The molecule has 0 unspecified atom stereocenters. The van der Waals surface area contributed by atoms with Gasteiger partial charge in [-0.1, -0.05) is 0 Å². The molecule has 92 valence electrons. The highest BCUT2D eigenvalue weighted by Gasteiger charge is 2.13. The molecule has 0 aromatic carbocycles. The fourth-order valence-corrected chi connectivity index (χ4v) is 2.39. The monoisotopic (exact) mass is 261 g/mol. The van der Waals surface area contributed by atoms with E-state index < -0.39 is 5.97 Å². The van der Waals surface area contributed by atoms with Crippen LogP contribution in [0.3, 0.4) is 0 Å². The van der Waals surface area contributed by atoms with Crippen LogP contribution < -0.4 is 0 Å². The number of rotatable bonds is 3. The van der Waals surface area contributed by atoms with Crippen molar-refractivity contribution in [3.8, 4) is 0 Å². The van der Waals surface area contributed by atoms with Gasteiger partial charge in [0.1, 0.15) is 5.03 Å². The maximum absolute atomic E-state index is 11.1. The van der Waals surface area contributed by atoms with Gasteiger partial charge in [-0.3, -0.25) is 0 Å². The van der Waals surface area contributed by atoms with Crippen LogP contribution in [0.1, 0.15) is 21.7 Å². The van der Waals surface area contributed by atoms with Gasteiger partial charge in [0.15, 0.2) is 5.16 Å². The van der Waals surface area contributed by atoms with Gasteiger partial charge in [-0.15, -0.1) is 0 Å². The van der Waals surface area contributed by atoms with E-state index in [-0.39, 0.29) is 5.56 Å². The summed E-state index contributed by atoms with van der Waals surface area (Å²) >= 11 is 1.16. The Balaban J connectivity index is 2.37. The second-order valence-electron chi connectivity index (χ2n) is 3.70. The van der Waals surface area contributed by atoms with Crippen LogP contribution in [0.5, 0.6) is 0 Å². The molecule has 0 bridgehead atoms. The van der Waals surface area contributed by atoms with Crippen molar-refractivity contribution in [3.63, 3.8) is 0 Å². The van der Waals surface area contributed by atoms with E-state index in [2.05, 4.69) is 15.0 Å².